The highest BCUT2D eigenvalue weighted by Gasteiger charge is 2.22. The third-order valence-corrected chi connectivity index (χ3v) is 2.83. The van der Waals surface area contributed by atoms with Crippen LogP contribution in [0.1, 0.15) is 12.7 Å². The van der Waals surface area contributed by atoms with Crippen molar-refractivity contribution in [1.29, 1.82) is 0 Å². The molecule has 0 bridgehead atoms. The lowest BCUT2D eigenvalue weighted by Crippen LogP contribution is -2.05. The molecule has 0 saturated carbocycles. The van der Waals surface area contributed by atoms with Gasteiger partial charge >= 0.3 is 6.01 Å². The molecule has 0 radical (unpaired) electrons. The molecule has 0 fully saturated rings. The molecule has 0 atom stereocenters. The number of hydrogen-bond donors (Lipinski definition) is 1. The Morgan fingerprint density at radius 3 is 2.67 bits per heavy atom. The van der Waals surface area contributed by atoms with Gasteiger partial charge in [-0.2, -0.15) is 0 Å². The van der Waals surface area contributed by atoms with Crippen LogP contribution in [0.15, 0.2) is 39.3 Å². The summed E-state index contributed by atoms with van der Waals surface area (Å²) in [6.07, 6.45) is 0. The van der Waals surface area contributed by atoms with E-state index in [9.17, 15) is 4.79 Å². The quantitative estimate of drug-likeness (QED) is 0.794. The van der Waals surface area contributed by atoms with Gasteiger partial charge in [0.25, 0.3) is 5.89 Å². The smallest absolute Gasteiger partial charge is 0.322 e. The Labute approximate surface area is 120 Å². The van der Waals surface area contributed by atoms with E-state index < -0.39 is 0 Å². The SMILES string of the molecule is CC(=O)Nc1nnc(-c2c(-c3ccccc3)noc2C)o1. The fourth-order valence-electron chi connectivity index (χ4n) is 1.94. The van der Waals surface area contributed by atoms with Crippen LogP contribution in [0.25, 0.3) is 22.7 Å². The van der Waals surface area contributed by atoms with Crippen molar-refractivity contribution in [3.05, 3.63) is 36.1 Å². The van der Waals surface area contributed by atoms with Crippen LogP contribution < -0.4 is 5.32 Å². The average molecular weight is 284 g/mol. The lowest BCUT2D eigenvalue weighted by molar-refractivity contribution is -0.114. The van der Waals surface area contributed by atoms with Crippen LogP contribution in [0.4, 0.5) is 6.01 Å². The number of hydrogen-bond acceptors (Lipinski definition) is 6. The second-order valence-corrected chi connectivity index (χ2v) is 4.42. The first-order valence-electron chi connectivity index (χ1n) is 6.28. The second kappa shape index (κ2) is 5.20. The van der Waals surface area contributed by atoms with Crippen molar-refractivity contribution in [3.63, 3.8) is 0 Å². The summed E-state index contributed by atoms with van der Waals surface area (Å²) in [7, 11) is 0. The van der Waals surface area contributed by atoms with Crippen LogP contribution in [-0.2, 0) is 4.79 Å². The van der Waals surface area contributed by atoms with Crippen molar-refractivity contribution in [2.24, 2.45) is 0 Å². The molecule has 21 heavy (non-hydrogen) atoms. The van der Waals surface area contributed by atoms with Gasteiger partial charge < -0.3 is 8.94 Å². The van der Waals surface area contributed by atoms with E-state index in [2.05, 4.69) is 20.7 Å². The molecule has 0 aliphatic heterocycles. The zero-order chi connectivity index (χ0) is 14.8. The number of carbonyl (C=O) groups excluding carboxylic acids is 1. The molecule has 2 heterocycles. The fraction of sp³-hybridized carbons (Fsp3) is 0.143. The highest BCUT2D eigenvalue weighted by Crippen LogP contribution is 2.33. The number of amides is 1. The Hall–Kier alpha value is -2.96. The van der Waals surface area contributed by atoms with Crippen LogP contribution in [0.5, 0.6) is 0 Å². The highest BCUT2D eigenvalue weighted by molar-refractivity contribution is 5.86. The van der Waals surface area contributed by atoms with Gasteiger partial charge in [0.1, 0.15) is 17.0 Å². The first kappa shape index (κ1) is 13.0. The van der Waals surface area contributed by atoms with E-state index in [-0.39, 0.29) is 17.8 Å². The lowest BCUT2D eigenvalue weighted by atomic mass is 10.1. The standard InChI is InChI=1S/C14H12N4O3/c1-8-11(13-16-17-14(20-13)15-9(2)19)12(18-21-8)10-6-4-3-5-7-10/h3-7H,1-2H3,(H,15,17,19). The Bertz CT molecular complexity index is 777. The minimum atomic E-state index is -0.282. The molecule has 0 saturated heterocycles. The molecule has 2 aromatic heterocycles. The molecule has 1 amide bonds. The normalized spacial score (nSPS) is 10.6. The number of aryl methyl sites for hydroxylation is 1. The summed E-state index contributed by atoms with van der Waals surface area (Å²) in [6.45, 7) is 3.13. The van der Waals surface area contributed by atoms with Crippen molar-refractivity contribution in [3.8, 4) is 22.7 Å². The summed E-state index contributed by atoms with van der Waals surface area (Å²) in [6, 6.07) is 9.58. The molecule has 0 unspecified atom stereocenters. The molecular weight excluding hydrogens is 272 g/mol. The monoisotopic (exact) mass is 284 g/mol. The Balaban J connectivity index is 2.05. The number of carbonyl (C=O) groups is 1. The summed E-state index contributed by atoms with van der Waals surface area (Å²) in [4.78, 5) is 11.0. The summed E-state index contributed by atoms with van der Waals surface area (Å²) in [5, 5.41) is 14.2. The fourth-order valence-corrected chi connectivity index (χ4v) is 1.94. The molecule has 0 aliphatic carbocycles. The van der Waals surface area contributed by atoms with Crippen LogP contribution in [0, 0.1) is 6.92 Å². The maximum Gasteiger partial charge on any atom is 0.322 e. The molecule has 1 N–H and O–H groups in total. The van der Waals surface area contributed by atoms with E-state index in [4.69, 9.17) is 8.94 Å². The zero-order valence-electron chi connectivity index (χ0n) is 11.5. The number of rotatable bonds is 3. The van der Waals surface area contributed by atoms with Gasteiger partial charge in [-0.25, -0.2) is 0 Å². The molecule has 0 aliphatic rings. The van der Waals surface area contributed by atoms with Crippen LogP contribution >= 0.6 is 0 Å². The zero-order valence-corrected chi connectivity index (χ0v) is 11.5. The summed E-state index contributed by atoms with van der Waals surface area (Å²) in [5.74, 6) is 0.527. The topological polar surface area (TPSA) is 94.1 Å². The first-order chi connectivity index (χ1) is 10.1. The second-order valence-electron chi connectivity index (χ2n) is 4.42. The third kappa shape index (κ3) is 2.53. The minimum absolute atomic E-state index is 0.0390. The van der Waals surface area contributed by atoms with Gasteiger partial charge in [-0.15, -0.1) is 5.10 Å². The van der Waals surface area contributed by atoms with Crippen molar-refractivity contribution in [2.45, 2.75) is 13.8 Å². The first-order valence-corrected chi connectivity index (χ1v) is 6.28. The predicted molar refractivity (Wildman–Crippen MR) is 74.3 cm³/mol. The van der Waals surface area contributed by atoms with Gasteiger partial charge in [0, 0.05) is 12.5 Å². The van der Waals surface area contributed by atoms with E-state index in [1.54, 1.807) is 6.92 Å². The van der Waals surface area contributed by atoms with Crippen LogP contribution in [0.3, 0.4) is 0 Å². The summed E-state index contributed by atoms with van der Waals surface area (Å²) in [5.41, 5.74) is 2.11. The van der Waals surface area contributed by atoms with E-state index in [1.165, 1.54) is 6.92 Å². The molecule has 3 aromatic rings. The third-order valence-electron chi connectivity index (χ3n) is 2.83. The number of benzene rings is 1. The van der Waals surface area contributed by atoms with Gasteiger partial charge in [-0.05, 0) is 6.92 Å². The number of nitrogens with one attached hydrogen (secondary N) is 1. The Kier molecular flexibility index (Phi) is 3.23. The van der Waals surface area contributed by atoms with Gasteiger partial charge in [0.05, 0.1) is 0 Å². The lowest BCUT2D eigenvalue weighted by Gasteiger charge is -1.98. The molecule has 7 heteroatoms. The predicted octanol–water partition coefficient (Wildman–Crippen LogP) is 2.66. The Morgan fingerprint density at radius 2 is 1.95 bits per heavy atom. The summed E-state index contributed by atoms with van der Waals surface area (Å²) < 4.78 is 10.7. The van der Waals surface area contributed by atoms with Gasteiger partial charge in [0.2, 0.25) is 5.91 Å². The minimum Gasteiger partial charge on any atom is -0.403 e. The Morgan fingerprint density at radius 1 is 1.19 bits per heavy atom. The maximum absolute atomic E-state index is 11.0. The molecule has 1 aromatic carbocycles. The summed E-state index contributed by atoms with van der Waals surface area (Å²) >= 11 is 0. The van der Waals surface area contributed by atoms with Gasteiger partial charge in [-0.3, -0.25) is 10.1 Å². The highest BCUT2D eigenvalue weighted by atomic mass is 16.5. The molecule has 7 nitrogen and oxygen atoms in total. The number of aromatic nitrogens is 3. The van der Waals surface area contributed by atoms with Crippen molar-refractivity contribution in [1.82, 2.24) is 15.4 Å². The molecule has 3 rings (SSSR count). The van der Waals surface area contributed by atoms with Gasteiger partial charge in [0.15, 0.2) is 0 Å². The van der Waals surface area contributed by atoms with E-state index in [0.717, 1.165) is 5.56 Å². The number of anilines is 1. The molecular formula is C14H12N4O3. The van der Waals surface area contributed by atoms with E-state index in [0.29, 0.717) is 17.0 Å². The largest absolute Gasteiger partial charge is 0.403 e. The van der Waals surface area contributed by atoms with E-state index in [1.807, 2.05) is 30.3 Å². The van der Waals surface area contributed by atoms with Crippen molar-refractivity contribution < 1.29 is 13.7 Å². The molecule has 106 valence electrons. The maximum atomic E-state index is 11.0. The number of nitrogens with zero attached hydrogens (tertiary/aromatic N) is 3. The van der Waals surface area contributed by atoms with Crippen LogP contribution in [-0.4, -0.2) is 21.3 Å². The van der Waals surface area contributed by atoms with Crippen molar-refractivity contribution in [2.75, 3.05) is 5.32 Å². The van der Waals surface area contributed by atoms with Gasteiger partial charge in [-0.1, -0.05) is 40.6 Å². The molecule has 0 spiro atoms. The average Bonchev–Trinajstić information content (AvgIpc) is 3.05. The van der Waals surface area contributed by atoms with E-state index >= 15 is 0 Å². The van der Waals surface area contributed by atoms with Crippen molar-refractivity contribution >= 4 is 11.9 Å². The van der Waals surface area contributed by atoms with Crippen LogP contribution in [0.2, 0.25) is 0 Å².